The van der Waals surface area contributed by atoms with Crippen molar-refractivity contribution in [3.8, 4) is 11.3 Å². The number of nitrogens with zero attached hydrogens (tertiary/aromatic N) is 2. The van der Waals surface area contributed by atoms with Gasteiger partial charge in [0.2, 0.25) is 0 Å². The lowest BCUT2D eigenvalue weighted by molar-refractivity contribution is 0.0943. The van der Waals surface area contributed by atoms with Gasteiger partial charge in [-0.2, -0.15) is 5.10 Å². The highest BCUT2D eigenvalue weighted by atomic mass is 35.5. The summed E-state index contributed by atoms with van der Waals surface area (Å²) in [5, 5.41) is 11.1. The molecular formula is C15H18Cl2N4O. The number of aromatic nitrogens is 2. The van der Waals surface area contributed by atoms with Gasteiger partial charge in [0.15, 0.2) is 0 Å². The van der Waals surface area contributed by atoms with Crippen LogP contribution in [0.5, 0.6) is 0 Å². The van der Waals surface area contributed by atoms with Gasteiger partial charge in [0, 0.05) is 44.4 Å². The molecule has 1 fully saturated rings. The SMILES string of the molecule is Cl.Cn1cc(C(=O)NCC2CNC2)c(-c2ccccc2Cl)n1. The van der Waals surface area contributed by atoms with Crippen molar-refractivity contribution >= 4 is 29.9 Å². The second-order valence-corrected chi connectivity index (χ2v) is 5.69. The van der Waals surface area contributed by atoms with E-state index in [0.29, 0.717) is 28.7 Å². The Labute approximate surface area is 140 Å². The highest BCUT2D eigenvalue weighted by Crippen LogP contribution is 2.28. The number of nitrogens with one attached hydrogen (secondary N) is 2. The summed E-state index contributed by atoms with van der Waals surface area (Å²) in [7, 11) is 1.80. The number of carbonyl (C=O) groups is 1. The molecule has 1 aliphatic heterocycles. The van der Waals surface area contributed by atoms with Crippen LogP contribution in [0.4, 0.5) is 0 Å². The predicted octanol–water partition coefficient (Wildman–Crippen LogP) is 2.11. The van der Waals surface area contributed by atoms with E-state index in [0.717, 1.165) is 18.7 Å². The molecule has 0 saturated carbocycles. The average molecular weight is 341 g/mol. The van der Waals surface area contributed by atoms with Crippen molar-refractivity contribution in [2.45, 2.75) is 0 Å². The fourth-order valence-corrected chi connectivity index (χ4v) is 2.56. The van der Waals surface area contributed by atoms with Crippen LogP contribution in [0, 0.1) is 5.92 Å². The first-order chi connectivity index (χ1) is 10.1. The minimum absolute atomic E-state index is 0. The zero-order chi connectivity index (χ0) is 14.8. The third kappa shape index (κ3) is 3.43. The fraction of sp³-hybridized carbons (Fsp3) is 0.333. The van der Waals surface area contributed by atoms with Gasteiger partial charge in [-0.15, -0.1) is 12.4 Å². The summed E-state index contributed by atoms with van der Waals surface area (Å²) >= 11 is 6.21. The molecule has 0 atom stereocenters. The van der Waals surface area contributed by atoms with Gasteiger partial charge in [-0.05, 0) is 6.07 Å². The zero-order valence-corrected chi connectivity index (χ0v) is 13.7. The van der Waals surface area contributed by atoms with Crippen molar-refractivity contribution in [2.75, 3.05) is 19.6 Å². The van der Waals surface area contributed by atoms with Crippen molar-refractivity contribution in [3.05, 3.63) is 41.0 Å². The standard InChI is InChI=1S/C15H17ClN4O.ClH/c1-20-9-12(15(21)18-8-10-6-17-7-10)14(19-20)11-4-2-3-5-13(11)16;/h2-5,9-10,17H,6-8H2,1H3,(H,18,21);1H. The van der Waals surface area contributed by atoms with Gasteiger partial charge in [0.25, 0.3) is 5.91 Å². The topological polar surface area (TPSA) is 59.0 Å². The van der Waals surface area contributed by atoms with Crippen LogP contribution >= 0.6 is 24.0 Å². The quantitative estimate of drug-likeness (QED) is 0.896. The monoisotopic (exact) mass is 340 g/mol. The lowest BCUT2D eigenvalue weighted by atomic mass is 10.0. The van der Waals surface area contributed by atoms with E-state index in [2.05, 4.69) is 15.7 Å². The Bertz CT molecular complexity index is 667. The van der Waals surface area contributed by atoms with E-state index in [4.69, 9.17) is 11.6 Å². The van der Waals surface area contributed by atoms with Crippen LogP contribution in [-0.2, 0) is 7.05 Å². The summed E-state index contributed by atoms with van der Waals surface area (Å²) in [6, 6.07) is 7.42. The molecular weight excluding hydrogens is 323 g/mol. The molecule has 5 nitrogen and oxygen atoms in total. The second kappa shape index (κ2) is 7.13. The number of carbonyl (C=O) groups excluding carboxylic acids is 1. The molecule has 0 aliphatic carbocycles. The highest BCUT2D eigenvalue weighted by Gasteiger charge is 2.21. The number of hydrogen-bond acceptors (Lipinski definition) is 3. The summed E-state index contributed by atoms with van der Waals surface area (Å²) in [5.74, 6) is 0.416. The first-order valence-electron chi connectivity index (χ1n) is 6.92. The van der Waals surface area contributed by atoms with E-state index in [-0.39, 0.29) is 18.3 Å². The van der Waals surface area contributed by atoms with Crippen molar-refractivity contribution in [1.82, 2.24) is 20.4 Å². The number of hydrogen-bond donors (Lipinski definition) is 2. The van der Waals surface area contributed by atoms with Crippen molar-refractivity contribution in [1.29, 1.82) is 0 Å². The molecule has 0 radical (unpaired) electrons. The molecule has 0 bridgehead atoms. The van der Waals surface area contributed by atoms with E-state index < -0.39 is 0 Å². The molecule has 0 spiro atoms. The van der Waals surface area contributed by atoms with E-state index in [1.165, 1.54) is 0 Å². The smallest absolute Gasteiger partial charge is 0.255 e. The van der Waals surface area contributed by atoms with Gasteiger partial charge >= 0.3 is 0 Å². The van der Waals surface area contributed by atoms with Gasteiger partial charge in [0.1, 0.15) is 5.69 Å². The predicted molar refractivity (Wildman–Crippen MR) is 89.6 cm³/mol. The molecule has 7 heteroatoms. The van der Waals surface area contributed by atoms with Crippen molar-refractivity contribution in [3.63, 3.8) is 0 Å². The first-order valence-corrected chi connectivity index (χ1v) is 7.30. The Kier molecular flexibility index (Phi) is 5.45. The number of aryl methyl sites for hydroxylation is 1. The van der Waals surface area contributed by atoms with Crippen LogP contribution in [0.1, 0.15) is 10.4 Å². The molecule has 2 aromatic rings. The van der Waals surface area contributed by atoms with Gasteiger partial charge in [-0.1, -0.05) is 29.8 Å². The maximum absolute atomic E-state index is 12.4. The lowest BCUT2D eigenvalue weighted by Gasteiger charge is -2.27. The van der Waals surface area contributed by atoms with Crippen LogP contribution in [0.25, 0.3) is 11.3 Å². The molecule has 1 aliphatic rings. The molecule has 2 N–H and O–H groups in total. The average Bonchev–Trinajstić information content (AvgIpc) is 2.79. The number of benzene rings is 1. The fourth-order valence-electron chi connectivity index (χ4n) is 2.33. The third-order valence-corrected chi connectivity index (χ3v) is 3.95. The van der Waals surface area contributed by atoms with Crippen LogP contribution in [-0.4, -0.2) is 35.3 Å². The minimum Gasteiger partial charge on any atom is -0.352 e. The number of rotatable bonds is 4. The summed E-state index contributed by atoms with van der Waals surface area (Å²) < 4.78 is 1.64. The Morgan fingerprint density at radius 3 is 2.82 bits per heavy atom. The van der Waals surface area contributed by atoms with E-state index in [9.17, 15) is 4.79 Å². The van der Waals surface area contributed by atoms with E-state index in [1.54, 1.807) is 24.0 Å². The van der Waals surface area contributed by atoms with Crippen molar-refractivity contribution in [2.24, 2.45) is 13.0 Å². The number of halogens is 2. The van der Waals surface area contributed by atoms with Crippen LogP contribution in [0.15, 0.2) is 30.5 Å². The van der Waals surface area contributed by atoms with Crippen LogP contribution < -0.4 is 10.6 Å². The van der Waals surface area contributed by atoms with Gasteiger partial charge in [-0.25, -0.2) is 0 Å². The largest absolute Gasteiger partial charge is 0.352 e. The number of amides is 1. The summed E-state index contributed by atoms with van der Waals surface area (Å²) in [6.45, 7) is 2.61. The Balaban J connectivity index is 0.00000176. The molecule has 1 amide bonds. The molecule has 1 saturated heterocycles. The third-order valence-electron chi connectivity index (χ3n) is 3.62. The van der Waals surface area contributed by atoms with Gasteiger partial charge in [0.05, 0.1) is 10.6 Å². The molecule has 3 rings (SSSR count). The maximum atomic E-state index is 12.4. The maximum Gasteiger partial charge on any atom is 0.255 e. The molecule has 2 heterocycles. The van der Waals surface area contributed by atoms with Crippen LogP contribution in [0.3, 0.4) is 0 Å². The Morgan fingerprint density at radius 1 is 1.45 bits per heavy atom. The molecule has 0 unspecified atom stereocenters. The molecule has 1 aromatic heterocycles. The second-order valence-electron chi connectivity index (χ2n) is 5.28. The van der Waals surface area contributed by atoms with Crippen molar-refractivity contribution < 1.29 is 4.79 Å². The Morgan fingerprint density at radius 2 is 2.18 bits per heavy atom. The van der Waals surface area contributed by atoms with Gasteiger partial charge < -0.3 is 10.6 Å². The zero-order valence-electron chi connectivity index (χ0n) is 12.2. The summed E-state index contributed by atoms with van der Waals surface area (Å²) in [6.07, 6.45) is 1.73. The molecule has 1 aromatic carbocycles. The summed E-state index contributed by atoms with van der Waals surface area (Å²) in [5.41, 5.74) is 1.94. The lowest BCUT2D eigenvalue weighted by Crippen LogP contribution is -2.48. The minimum atomic E-state index is -0.107. The molecule has 22 heavy (non-hydrogen) atoms. The molecule has 118 valence electrons. The van der Waals surface area contributed by atoms with E-state index >= 15 is 0 Å². The highest BCUT2D eigenvalue weighted by molar-refractivity contribution is 6.33. The first kappa shape index (κ1) is 16.8. The summed E-state index contributed by atoms with van der Waals surface area (Å²) in [4.78, 5) is 12.4. The Hall–Kier alpha value is -1.56. The van der Waals surface area contributed by atoms with Gasteiger partial charge in [-0.3, -0.25) is 9.48 Å². The normalized spacial score (nSPS) is 14.1. The van der Waals surface area contributed by atoms with Crippen LogP contribution in [0.2, 0.25) is 5.02 Å². The van der Waals surface area contributed by atoms with E-state index in [1.807, 2.05) is 18.2 Å².